The maximum absolute atomic E-state index is 11.5. The van der Waals surface area contributed by atoms with Gasteiger partial charge >= 0.3 is 5.97 Å². The first-order chi connectivity index (χ1) is 7.49. The molecule has 1 aliphatic heterocycles. The lowest BCUT2D eigenvalue weighted by Crippen LogP contribution is -2.47. The molecule has 6 heteroatoms. The summed E-state index contributed by atoms with van der Waals surface area (Å²) in [5.41, 5.74) is 5.74. The topological polar surface area (TPSA) is 95.7 Å². The van der Waals surface area contributed by atoms with Gasteiger partial charge in [-0.1, -0.05) is 0 Å². The molecule has 1 heterocycles. The number of likely N-dealkylation sites (tertiary alicyclic amines) is 1. The summed E-state index contributed by atoms with van der Waals surface area (Å²) in [6.45, 7) is 3.31. The van der Waals surface area contributed by atoms with E-state index >= 15 is 0 Å². The number of carboxylic acid groups (broad SMARTS) is 1. The van der Waals surface area contributed by atoms with Crippen LogP contribution in [-0.4, -0.2) is 53.6 Å². The van der Waals surface area contributed by atoms with Crippen LogP contribution in [0.25, 0.3) is 0 Å². The lowest BCUT2D eigenvalue weighted by molar-refractivity contribution is -0.141. The molecule has 1 aliphatic rings. The maximum Gasteiger partial charge on any atom is 0.325 e. The predicted molar refractivity (Wildman–Crippen MR) is 58.9 cm³/mol. The number of nitrogens with zero attached hydrogens (tertiary/aromatic N) is 1. The van der Waals surface area contributed by atoms with Gasteiger partial charge in [-0.05, 0) is 19.8 Å². The first kappa shape index (κ1) is 12.9. The molecule has 0 radical (unpaired) electrons. The monoisotopic (exact) mass is 229 g/mol. The van der Waals surface area contributed by atoms with E-state index in [-0.39, 0.29) is 18.5 Å². The minimum absolute atomic E-state index is 0.234. The third kappa shape index (κ3) is 4.16. The van der Waals surface area contributed by atoms with E-state index in [2.05, 4.69) is 5.32 Å². The molecule has 6 nitrogen and oxygen atoms in total. The molecule has 16 heavy (non-hydrogen) atoms. The van der Waals surface area contributed by atoms with Crippen molar-refractivity contribution in [1.29, 1.82) is 0 Å². The number of rotatable bonds is 4. The van der Waals surface area contributed by atoms with Crippen LogP contribution in [0.2, 0.25) is 0 Å². The van der Waals surface area contributed by atoms with Crippen molar-refractivity contribution in [2.45, 2.75) is 31.8 Å². The van der Waals surface area contributed by atoms with E-state index in [9.17, 15) is 9.59 Å². The third-order valence-corrected chi connectivity index (χ3v) is 2.75. The summed E-state index contributed by atoms with van der Waals surface area (Å²) < 4.78 is 0. The van der Waals surface area contributed by atoms with E-state index in [0.29, 0.717) is 0 Å². The van der Waals surface area contributed by atoms with Gasteiger partial charge in [0.1, 0.15) is 6.04 Å². The van der Waals surface area contributed by atoms with Gasteiger partial charge in [0.05, 0.1) is 6.54 Å². The van der Waals surface area contributed by atoms with Gasteiger partial charge in [0, 0.05) is 19.1 Å². The molecular weight excluding hydrogens is 210 g/mol. The second-order valence-electron chi connectivity index (χ2n) is 4.24. The van der Waals surface area contributed by atoms with Crippen LogP contribution in [0.5, 0.6) is 0 Å². The number of amides is 1. The van der Waals surface area contributed by atoms with Gasteiger partial charge in [-0.3, -0.25) is 14.5 Å². The number of nitrogens with one attached hydrogen (secondary N) is 1. The number of carboxylic acids is 1. The van der Waals surface area contributed by atoms with Crippen molar-refractivity contribution in [3.8, 4) is 0 Å². The lowest BCUT2D eigenvalue weighted by Gasteiger charge is -2.29. The Bertz CT molecular complexity index is 262. The van der Waals surface area contributed by atoms with Crippen molar-refractivity contribution in [2.24, 2.45) is 5.73 Å². The third-order valence-electron chi connectivity index (χ3n) is 2.75. The molecule has 1 rings (SSSR count). The number of aliphatic carboxylic acids is 1. The number of carbonyl (C=O) groups excluding carboxylic acids is 1. The molecule has 0 unspecified atom stereocenters. The van der Waals surface area contributed by atoms with E-state index in [1.807, 2.05) is 4.90 Å². The Morgan fingerprint density at radius 2 is 2.06 bits per heavy atom. The van der Waals surface area contributed by atoms with Crippen molar-refractivity contribution < 1.29 is 14.7 Å². The molecule has 0 spiro atoms. The van der Waals surface area contributed by atoms with Crippen LogP contribution >= 0.6 is 0 Å². The highest BCUT2D eigenvalue weighted by Crippen LogP contribution is 2.07. The molecule has 0 aromatic heterocycles. The summed E-state index contributed by atoms with van der Waals surface area (Å²) in [7, 11) is 0. The van der Waals surface area contributed by atoms with Crippen molar-refractivity contribution in [3.63, 3.8) is 0 Å². The van der Waals surface area contributed by atoms with Crippen LogP contribution in [0.15, 0.2) is 0 Å². The second kappa shape index (κ2) is 5.81. The molecule has 0 aromatic carbocycles. The van der Waals surface area contributed by atoms with Crippen LogP contribution < -0.4 is 11.1 Å². The SMILES string of the molecule is C[C@H](NC(=O)CN1CCC(N)CC1)C(=O)O. The van der Waals surface area contributed by atoms with E-state index in [1.165, 1.54) is 6.92 Å². The van der Waals surface area contributed by atoms with E-state index in [0.717, 1.165) is 25.9 Å². The Kier molecular flexibility index (Phi) is 4.70. The first-order valence-corrected chi connectivity index (χ1v) is 5.49. The zero-order valence-corrected chi connectivity index (χ0v) is 9.48. The minimum atomic E-state index is -1.02. The van der Waals surface area contributed by atoms with Crippen LogP contribution in [0.3, 0.4) is 0 Å². The molecule has 1 fully saturated rings. The maximum atomic E-state index is 11.5. The average Bonchev–Trinajstić information content (AvgIpc) is 2.21. The minimum Gasteiger partial charge on any atom is -0.480 e. The fraction of sp³-hybridized carbons (Fsp3) is 0.800. The highest BCUT2D eigenvalue weighted by molar-refractivity contribution is 5.84. The fourth-order valence-electron chi connectivity index (χ4n) is 1.66. The molecule has 1 saturated heterocycles. The Morgan fingerprint density at radius 1 is 1.50 bits per heavy atom. The first-order valence-electron chi connectivity index (χ1n) is 5.49. The quantitative estimate of drug-likeness (QED) is 0.574. The van der Waals surface area contributed by atoms with Crippen LogP contribution in [0.1, 0.15) is 19.8 Å². The van der Waals surface area contributed by atoms with E-state index < -0.39 is 12.0 Å². The highest BCUT2D eigenvalue weighted by Gasteiger charge is 2.20. The molecule has 92 valence electrons. The van der Waals surface area contributed by atoms with Gasteiger partial charge in [-0.25, -0.2) is 0 Å². The lowest BCUT2D eigenvalue weighted by atomic mass is 10.1. The van der Waals surface area contributed by atoms with E-state index in [4.69, 9.17) is 10.8 Å². The zero-order chi connectivity index (χ0) is 12.1. The van der Waals surface area contributed by atoms with Crippen LogP contribution in [-0.2, 0) is 9.59 Å². The van der Waals surface area contributed by atoms with Crippen molar-refractivity contribution in [1.82, 2.24) is 10.2 Å². The Labute approximate surface area is 94.8 Å². The number of piperidine rings is 1. The summed E-state index contributed by atoms with van der Waals surface area (Å²) >= 11 is 0. The summed E-state index contributed by atoms with van der Waals surface area (Å²) in [4.78, 5) is 24.0. The summed E-state index contributed by atoms with van der Waals surface area (Å²) in [5, 5.41) is 11.1. The molecule has 0 aromatic rings. The molecule has 0 bridgehead atoms. The fourth-order valence-corrected chi connectivity index (χ4v) is 1.66. The second-order valence-corrected chi connectivity index (χ2v) is 4.24. The largest absolute Gasteiger partial charge is 0.480 e. The standard InChI is InChI=1S/C10H19N3O3/c1-7(10(15)16)12-9(14)6-13-4-2-8(11)3-5-13/h7-8H,2-6,11H2,1H3,(H,12,14)(H,15,16)/t7-/m0/s1. The highest BCUT2D eigenvalue weighted by atomic mass is 16.4. The molecule has 0 aliphatic carbocycles. The predicted octanol–water partition coefficient (Wildman–Crippen LogP) is -1.00. The molecule has 1 amide bonds. The Balaban J connectivity index is 2.26. The van der Waals surface area contributed by atoms with E-state index in [1.54, 1.807) is 0 Å². The van der Waals surface area contributed by atoms with Crippen molar-refractivity contribution in [2.75, 3.05) is 19.6 Å². The van der Waals surface area contributed by atoms with Crippen molar-refractivity contribution >= 4 is 11.9 Å². The van der Waals surface area contributed by atoms with Gasteiger partial charge in [-0.15, -0.1) is 0 Å². The van der Waals surface area contributed by atoms with Gasteiger partial charge in [-0.2, -0.15) is 0 Å². The Morgan fingerprint density at radius 3 is 2.56 bits per heavy atom. The number of nitrogens with two attached hydrogens (primary N) is 1. The normalized spacial score (nSPS) is 20.4. The summed E-state index contributed by atoms with van der Waals surface area (Å²) in [5.74, 6) is -1.26. The van der Waals surface area contributed by atoms with Crippen LogP contribution in [0, 0.1) is 0 Å². The van der Waals surface area contributed by atoms with Gasteiger partial charge < -0.3 is 16.2 Å². The van der Waals surface area contributed by atoms with Gasteiger partial charge in [0.15, 0.2) is 0 Å². The summed E-state index contributed by atoms with van der Waals surface area (Å²) in [6, 6.07) is -0.600. The van der Waals surface area contributed by atoms with Gasteiger partial charge in [0.2, 0.25) is 5.91 Å². The number of hydrogen-bond acceptors (Lipinski definition) is 4. The molecule has 0 saturated carbocycles. The van der Waals surface area contributed by atoms with Crippen LogP contribution in [0.4, 0.5) is 0 Å². The zero-order valence-electron chi connectivity index (χ0n) is 9.48. The van der Waals surface area contributed by atoms with Crippen molar-refractivity contribution in [3.05, 3.63) is 0 Å². The average molecular weight is 229 g/mol. The molecular formula is C10H19N3O3. The van der Waals surface area contributed by atoms with Gasteiger partial charge in [0.25, 0.3) is 0 Å². The molecule has 4 N–H and O–H groups in total. The smallest absolute Gasteiger partial charge is 0.325 e. The molecule has 1 atom stereocenters. The number of hydrogen-bond donors (Lipinski definition) is 3. The number of carbonyl (C=O) groups is 2. The Hall–Kier alpha value is -1.14. The summed E-state index contributed by atoms with van der Waals surface area (Å²) in [6.07, 6.45) is 1.78.